The number of piperidine rings is 1. The van der Waals surface area contributed by atoms with Gasteiger partial charge in [0.05, 0.1) is 0 Å². The van der Waals surface area contributed by atoms with Crippen molar-refractivity contribution in [2.75, 3.05) is 39.8 Å². The zero-order valence-electron chi connectivity index (χ0n) is 15.4. The van der Waals surface area contributed by atoms with Crippen LogP contribution in [0, 0.1) is 11.8 Å². The number of hydrogen-bond acceptors (Lipinski definition) is 2. The first-order valence-corrected chi connectivity index (χ1v) is 9.98. The van der Waals surface area contributed by atoms with Crippen LogP contribution in [0.3, 0.4) is 0 Å². The van der Waals surface area contributed by atoms with Crippen LogP contribution in [0.15, 0.2) is 4.99 Å². The molecule has 0 unspecified atom stereocenters. The van der Waals surface area contributed by atoms with E-state index in [1.54, 1.807) is 0 Å². The Morgan fingerprint density at radius 3 is 2.43 bits per heavy atom. The van der Waals surface area contributed by atoms with E-state index in [2.05, 4.69) is 29.5 Å². The molecule has 0 spiro atoms. The van der Waals surface area contributed by atoms with Crippen molar-refractivity contribution in [2.45, 2.75) is 64.7 Å². The molecule has 0 aromatic carbocycles. The molecule has 1 aliphatic carbocycles. The molecule has 0 aromatic heterocycles. The number of nitrogens with one attached hydrogen (secondary N) is 2. The molecule has 1 saturated heterocycles. The maximum atomic E-state index is 4.81. The fraction of sp³-hybridized carbons (Fsp3) is 0.947. The molecule has 1 heterocycles. The highest BCUT2D eigenvalue weighted by atomic mass is 15.2. The Morgan fingerprint density at radius 2 is 1.74 bits per heavy atom. The van der Waals surface area contributed by atoms with Crippen molar-refractivity contribution in [3.63, 3.8) is 0 Å². The molecule has 0 aromatic rings. The Kier molecular flexibility index (Phi) is 8.80. The van der Waals surface area contributed by atoms with Crippen molar-refractivity contribution in [1.29, 1.82) is 0 Å². The summed E-state index contributed by atoms with van der Waals surface area (Å²) in [6, 6.07) is 0. The highest BCUT2D eigenvalue weighted by molar-refractivity contribution is 5.79. The standard InChI is InChI=1S/C19H38N4/c1-3-20-19(22-16-18-11-14-23(2)15-12-18)21-13-7-6-10-17-8-4-5-9-17/h17-18H,3-16H2,1-2H3,(H2,20,21,22). The monoisotopic (exact) mass is 322 g/mol. The largest absolute Gasteiger partial charge is 0.357 e. The van der Waals surface area contributed by atoms with Crippen LogP contribution in [0.4, 0.5) is 0 Å². The maximum Gasteiger partial charge on any atom is 0.191 e. The van der Waals surface area contributed by atoms with Crippen molar-refractivity contribution < 1.29 is 0 Å². The lowest BCUT2D eigenvalue weighted by atomic mass is 9.97. The first-order chi connectivity index (χ1) is 11.3. The minimum atomic E-state index is 0.768. The van der Waals surface area contributed by atoms with Gasteiger partial charge in [-0.2, -0.15) is 0 Å². The Bertz CT molecular complexity index is 328. The SMILES string of the molecule is CCNC(=NCC1CCN(C)CC1)NCCCCC1CCCC1. The quantitative estimate of drug-likeness (QED) is 0.409. The third-order valence-corrected chi connectivity index (χ3v) is 5.50. The summed E-state index contributed by atoms with van der Waals surface area (Å²) < 4.78 is 0. The second kappa shape index (κ2) is 10.9. The zero-order valence-corrected chi connectivity index (χ0v) is 15.4. The van der Waals surface area contributed by atoms with Crippen LogP contribution in [-0.4, -0.2) is 50.6 Å². The third-order valence-electron chi connectivity index (χ3n) is 5.50. The number of rotatable bonds is 8. The Balaban J connectivity index is 1.59. The van der Waals surface area contributed by atoms with Crippen molar-refractivity contribution in [2.24, 2.45) is 16.8 Å². The van der Waals surface area contributed by atoms with Crippen molar-refractivity contribution in [3.05, 3.63) is 0 Å². The third kappa shape index (κ3) is 7.56. The van der Waals surface area contributed by atoms with Crippen molar-refractivity contribution in [3.8, 4) is 0 Å². The minimum absolute atomic E-state index is 0.768. The van der Waals surface area contributed by atoms with E-state index in [4.69, 9.17) is 4.99 Å². The highest BCUT2D eigenvalue weighted by Gasteiger charge is 2.16. The van der Waals surface area contributed by atoms with E-state index in [0.29, 0.717) is 0 Å². The number of hydrogen-bond donors (Lipinski definition) is 2. The summed E-state index contributed by atoms with van der Waals surface area (Å²) in [6.07, 6.45) is 12.6. The average Bonchev–Trinajstić information content (AvgIpc) is 3.07. The number of aliphatic imine (C=N–C) groups is 1. The summed E-state index contributed by atoms with van der Waals surface area (Å²) in [5.41, 5.74) is 0. The summed E-state index contributed by atoms with van der Waals surface area (Å²) in [4.78, 5) is 7.24. The van der Waals surface area contributed by atoms with Gasteiger partial charge in [0, 0.05) is 19.6 Å². The highest BCUT2D eigenvalue weighted by Crippen LogP contribution is 2.28. The molecular formula is C19H38N4. The fourth-order valence-electron chi connectivity index (χ4n) is 3.87. The zero-order chi connectivity index (χ0) is 16.3. The van der Waals surface area contributed by atoms with E-state index in [1.807, 2.05) is 0 Å². The van der Waals surface area contributed by atoms with E-state index in [-0.39, 0.29) is 0 Å². The van der Waals surface area contributed by atoms with Gasteiger partial charge in [-0.15, -0.1) is 0 Å². The van der Waals surface area contributed by atoms with E-state index in [0.717, 1.165) is 37.4 Å². The molecule has 0 amide bonds. The maximum absolute atomic E-state index is 4.81. The molecule has 2 aliphatic rings. The predicted octanol–water partition coefficient (Wildman–Crippen LogP) is 3.24. The summed E-state index contributed by atoms with van der Waals surface area (Å²) >= 11 is 0. The second-order valence-electron chi connectivity index (χ2n) is 7.54. The van der Waals surface area contributed by atoms with Gasteiger partial charge in [-0.05, 0) is 58.2 Å². The van der Waals surface area contributed by atoms with Gasteiger partial charge in [0.25, 0.3) is 0 Å². The van der Waals surface area contributed by atoms with Gasteiger partial charge in [0.1, 0.15) is 0 Å². The number of nitrogens with zero attached hydrogens (tertiary/aromatic N) is 2. The smallest absolute Gasteiger partial charge is 0.191 e. The lowest BCUT2D eigenvalue weighted by molar-refractivity contribution is 0.223. The predicted molar refractivity (Wildman–Crippen MR) is 100 cm³/mol. The molecule has 0 radical (unpaired) electrons. The van der Waals surface area contributed by atoms with Gasteiger partial charge in [-0.3, -0.25) is 4.99 Å². The van der Waals surface area contributed by atoms with E-state index in [1.165, 1.54) is 70.9 Å². The molecule has 23 heavy (non-hydrogen) atoms. The molecule has 134 valence electrons. The van der Waals surface area contributed by atoms with Crippen LogP contribution in [0.25, 0.3) is 0 Å². The number of likely N-dealkylation sites (tertiary alicyclic amines) is 1. The summed E-state index contributed by atoms with van der Waals surface area (Å²) in [7, 11) is 2.22. The molecule has 4 nitrogen and oxygen atoms in total. The molecule has 4 heteroatoms. The molecule has 1 saturated carbocycles. The first kappa shape index (κ1) is 18.6. The van der Waals surface area contributed by atoms with E-state index in [9.17, 15) is 0 Å². The summed E-state index contributed by atoms with van der Waals surface area (Å²) in [5.74, 6) is 2.82. The topological polar surface area (TPSA) is 39.7 Å². The van der Waals surface area contributed by atoms with Crippen molar-refractivity contribution >= 4 is 5.96 Å². The Labute approximate surface area is 143 Å². The molecule has 0 bridgehead atoms. The van der Waals surface area contributed by atoms with Gasteiger partial charge < -0.3 is 15.5 Å². The van der Waals surface area contributed by atoms with Gasteiger partial charge >= 0.3 is 0 Å². The van der Waals surface area contributed by atoms with Crippen molar-refractivity contribution in [1.82, 2.24) is 15.5 Å². The number of unbranched alkanes of at least 4 members (excludes halogenated alkanes) is 1. The molecule has 2 fully saturated rings. The molecule has 0 atom stereocenters. The fourth-order valence-corrected chi connectivity index (χ4v) is 3.87. The van der Waals surface area contributed by atoms with E-state index >= 15 is 0 Å². The van der Waals surface area contributed by atoms with Gasteiger partial charge in [0.15, 0.2) is 5.96 Å². The van der Waals surface area contributed by atoms with Crippen LogP contribution < -0.4 is 10.6 Å². The van der Waals surface area contributed by atoms with E-state index < -0.39 is 0 Å². The minimum Gasteiger partial charge on any atom is -0.357 e. The first-order valence-electron chi connectivity index (χ1n) is 9.98. The molecular weight excluding hydrogens is 284 g/mol. The Morgan fingerprint density at radius 1 is 1.00 bits per heavy atom. The van der Waals surface area contributed by atoms with Crippen LogP contribution in [-0.2, 0) is 0 Å². The average molecular weight is 323 g/mol. The van der Waals surface area contributed by atoms with Gasteiger partial charge in [0.2, 0.25) is 0 Å². The summed E-state index contributed by atoms with van der Waals surface area (Å²) in [6.45, 7) is 7.59. The van der Waals surface area contributed by atoms with Crippen LogP contribution in [0.2, 0.25) is 0 Å². The molecule has 1 aliphatic heterocycles. The van der Waals surface area contributed by atoms with Gasteiger partial charge in [-0.1, -0.05) is 38.5 Å². The van der Waals surface area contributed by atoms with Crippen LogP contribution in [0.5, 0.6) is 0 Å². The van der Waals surface area contributed by atoms with Crippen LogP contribution in [0.1, 0.15) is 64.7 Å². The molecule has 2 N–H and O–H groups in total. The normalized spacial score (nSPS) is 21.7. The lowest BCUT2D eigenvalue weighted by Crippen LogP contribution is -2.38. The van der Waals surface area contributed by atoms with Gasteiger partial charge in [-0.25, -0.2) is 0 Å². The lowest BCUT2D eigenvalue weighted by Gasteiger charge is -2.28. The second-order valence-corrected chi connectivity index (χ2v) is 7.54. The van der Waals surface area contributed by atoms with Crippen LogP contribution >= 0.6 is 0 Å². The molecule has 2 rings (SSSR count). The number of guanidine groups is 1. The summed E-state index contributed by atoms with van der Waals surface area (Å²) in [5, 5.41) is 6.91. The Hall–Kier alpha value is -0.770.